The van der Waals surface area contributed by atoms with Crippen LogP contribution in [0.5, 0.6) is 5.75 Å². The second-order valence-corrected chi connectivity index (χ2v) is 6.73. The number of ether oxygens (including phenoxy) is 2. The lowest BCUT2D eigenvalue weighted by atomic mass is 10.1. The highest BCUT2D eigenvalue weighted by Crippen LogP contribution is 2.27. The number of likely N-dealkylation sites (N-methyl/N-ethyl adjacent to an activating group) is 1. The molecule has 0 radical (unpaired) electrons. The van der Waals surface area contributed by atoms with Crippen molar-refractivity contribution in [2.75, 3.05) is 50.2 Å². The van der Waals surface area contributed by atoms with Crippen molar-refractivity contribution in [1.82, 2.24) is 4.90 Å². The number of hydrogen-bond donors (Lipinski definition) is 1. The van der Waals surface area contributed by atoms with E-state index in [0.717, 1.165) is 48.9 Å². The minimum Gasteiger partial charge on any atom is -0.467 e. The normalized spacial score (nSPS) is 17.3. The van der Waals surface area contributed by atoms with Crippen LogP contribution in [0.4, 0.5) is 11.4 Å². The Morgan fingerprint density at radius 2 is 1.92 bits per heavy atom. The van der Waals surface area contributed by atoms with Crippen molar-refractivity contribution in [3.8, 4) is 5.75 Å². The number of amides is 1. The van der Waals surface area contributed by atoms with Crippen LogP contribution in [0.3, 0.4) is 0 Å². The second-order valence-electron chi connectivity index (χ2n) is 6.73. The molecule has 26 heavy (non-hydrogen) atoms. The topological polar surface area (TPSA) is 54.0 Å². The Balaban J connectivity index is 1.47. The fourth-order valence-corrected chi connectivity index (χ4v) is 3.25. The zero-order chi connectivity index (χ0) is 17.9. The molecule has 136 valence electrons. The first-order valence-corrected chi connectivity index (χ1v) is 8.87. The van der Waals surface area contributed by atoms with Crippen LogP contribution in [0.25, 0.3) is 0 Å². The summed E-state index contributed by atoms with van der Waals surface area (Å²) in [6, 6.07) is 13.5. The van der Waals surface area contributed by atoms with Crippen molar-refractivity contribution in [3.63, 3.8) is 0 Å². The van der Waals surface area contributed by atoms with Crippen LogP contribution in [0.2, 0.25) is 0 Å². The molecule has 2 aliphatic heterocycles. The molecule has 0 spiro atoms. The lowest BCUT2D eigenvalue weighted by Crippen LogP contribution is -2.44. The molecule has 0 aromatic heterocycles. The molecule has 6 nitrogen and oxygen atoms in total. The fourth-order valence-electron chi connectivity index (χ4n) is 3.25. The molecule has 0 saturated carbocycles. The number of hydrogen-bond acceptors (Lipinski definition) is 5. The quantitative estimate of drug-likeness (QED) is 0.919. The highest BCUT2D eigenvalue weighted by Gasteiger charge is 2.16. The van der Waals surface area contributed by atoms with Gasteiger partial charge in [0.05, 0.1) is 6.61 Å². The number of piperazine rings is 1. The van der Waals surface area contributed by atoms with Gasteiger partial charge in [0.25, 0.3) is 5.91 Å². The standard InChI is InChI=1S/C20H23N3O3/c1-22-7-9-23(10-8-22)18-4-2-3-15(11-18)20(24)21-17-6-5-16-13-25-14-26-19(16)12-17/h2-6,11-12H,7-10,13-14H2,1H3,(H,21,24). The largest absolute Gasteiger partial charge is 0.467 e. The van der Waals surface area contributed by atoms with Crippen LogP contribution in [-0.4, -0.2) is 50.8 Å². The van der Waals surface area contributed by atoms with Gasteiger partial charge in [-0.15, -0.1) is 0 Å². The number of fused-ring (bicyclic) bond motifs is 1. The van der Waals surface area contributed by atoms with Crippen LogP contribution >= 0.6 is 0 Å². The second kappa shape index (κ2) is 7.35. The molecule has 2 aliphatic rings. The highest BCUT2D eigenvalue weighted by molar-refractivity contribution is 6.05. The van der Waals surface area contributed by atoms with E-state index in [4.69, 9.17) is 9.47 Å². The Labute approximate surface area is 153 Å². The monoisotopic (exact) mass is 353 g/mol. The van der Waals surface area contributed by atoms with Crippen LogP contribution in [0, 0.1) is 0 Å². The predicted molar refractivity (Wildman–Crippen MR) is 101 cm³/mol. The molecular formula is C20H23N3O3. The van der Waals surface area contributed by atoms with Crippen molar-refractivity contribution in [3.05, 3.63) is 53.6 Å². The average Bonchev–Trinajstić information content (AvgIpc) is 2.68. The van der Waals surface area contributed by atoms with E-state index in [0.29, 0.717) is 12.2 Å². The number of anilines is 2. The summed E-state index contributed by atoms with van der Waals surface area (Å²) in [6.07, 6.45) is 0. The van der Waals surface area contributed by atoms with Crippen molar-refractivity contribution < 1.29 is 14.3 Å². The molecular weight excluding hydrogens is 330 g/mol. The molecule has 1 amide bonds. The molecule has 0 aliphatic carbocycles. The van der Waals surface area contributed by atoms with Gasteiger partial charge in [-0.1, -0.05) is 12.1 Å². The molecule has 1 fully saturated rings. The van der Waals surface area contributed by atoms with Crippen LogP contribution < -0.4 is 15.0 Å². The van der Waals surface area contributed by atoms with Crippen molar-refractivity contribution in [2.24, 2.45) is 0 Å². The van der Waals surface area contributed by atoms with E-state index in [1.54, 1.807) is 0 Å². The van der Waals surface area contributed by atoms with Crippen LogP contribution in [-0.2, 0) is 11.3 Å². The third-order valence-electron chi connectivity index (χ3n) is 4.86. The number of benzene rings is 2. The van der Waals surface area contributed by atoms with Gasteiger partial charge in [0, 0.05) is 54.7 Å². The molecule has 2 heterocycles. The lowest BCUT2D eigenvalue weighted by Gasteiger charge is -2.34. The molecule has 0 unspecified atom stereocenters. The van der Waals surface area contributed by atoms with E-state index in [2.05, 4.69) is 28.2 Å². The Bertz CT molecular complexity index is 801. The maximum Gasteiger partial charge on any atom is 0.255 e. The van der Waals surface area contributed by atoms with Gasteiger partial charge in [0.2, 0.25) is 0 Å². The molecule has 1 saturated heterocycles. The summed E-state index contributed by atoms with van der Waals surface area (Å²) >= 11 is 0. The molecule has 6 heteroatoms. The summed E-state index contributed by atoms with van der Waals surface area (Å²) in [5.41, 5.74) is 3.46. The summed E-state index contributed by atoms with van der Waals surface area (Å²) in [5.74, 6) is 0.647. The molecule has 2 aromatic carbocycles. The first-order chi connectivity index (χ1) is 12.7. The maximum atomic E-state index is 12.7. The lowest BCUT2D eigenvalue weighted by molar-refractivity contribution is -0.0163. The number of nitrogens with one attached hydrogen (secondary N) is 1. The van der Waals surface area contributed by atoms with Gasteiger partial charge in [0.15, 0.2) is 6.79 Å². The van der Waals surface area contributed by atoms with E-state index in [1.807, 2.05) is 36.4 Å². The smallest absolute Gasteiger partial charge is 0.255 e. The molecule has 2 aromatic rings. The molecule has 0 bridgehead atoms. The van der Waals surface area contributed by atoms with Crippen molar-refractivity contribution in [1.29, 1.82) is 0 Å². The Hall–Kier alpha value is -2.57. The van der Waals surface area contributed by atoms with Gasteiger partial charge in [0.1, 0.15) is 5.75 Å². The third kappa shape index (κ3) is 3.66. The number of rotatable bonds is 3. The van der Waals surface area contributed by atoms with E-state index in [1.165, 1.54) is 0 Å². The Morgan fingerprint density at radius 3 is 2.77 bits per heavy atom. The van der Waals surface area contributed by atoms with E-state index < -0.39 is 0 Å². The summed E-state index contributed by atoms with van der Waals surface area (Å²) in [7, 11) is 2.13. The molecule has 1 N–H and O–H groups in total. The fraction of sp³-hybridized carbons (Fsp3) is 0.350. The number of carbonyl (C=O) groups is 1. The first kappa shape index (κ1) is 16.9. The van der Waals surface area contributed by atoms with E-state index in [9.17, 15) is 4.79 Å². The summed E-state index contributed by atoms with van der Waals surface area (Å²) in [5, 5.41) is 2.96. The minimum atomic E-state index is -0.118. The zero-order valence-corrected chi connectivity index (χ0v) is 14.9. The maximum absolute atomic E-state index is 12.7. The van der Waals surface area contributed by atoms with E-state index >= 15 is 0 Å². The summed E-state index contributed by atoms with van der Waals surface area (Å²) in [4.78, 5) is 17.3. The van der Waals surface area contributed by atoms with Crippen molar-refractivity contribution in [2.45, 2.75) is 6.61 Å². The third-order valence-corrected chi connectivity index (χ3v) is 4.86. The SMILES string of the molecule is CN1CCN(c2cccc(C(=O)Nc3ccc4c(c3)OCOC4)c2)CC1. The molecule has 4 rings (SSSR count). The van der Waals surface area contributed by atoms with Gasteiger partial charge in [-0.3, -0.25) is 4.79 Å². The Kier molecular flexibility index (Phi) is 4.77. The van der Waals surface area contributed by atoms with Gasteiger partial charge in [-0.2, -0.15) is 0 Å². The zero-order valence-electron chi connectivity index (χ0n) is 14.9. The summed E-state index contributed by atoms with van der Waals surface area (Å²) in [6.45, 7) is 4.82. The van der Waals surface area contributed by atoms with Crippen LogP contribution in [0.15, 0.2) is 42.5 Å². The number of nitrogens with zero attached hydrogens (tertiary/aromatic N) is 2. The van der Waals surface area contributed by atoms with Gasteiger partial charge in [-0.05, 0) is 31.3 Å². The van der Waals surface area contributed by atoms with Gasteiger partial charge >= 0.3 is 0 Å². The van der Waals surface area contributed by atoms with E-state index in [-0.39, 0.29) is 12.7 Å². The Morgan fingerprint density at radius 1 is 1.08 bits per heavy atom. The van der Waals surface area contributed by atoms with Crippen LogP contribution in [0.1, 0.15) is 15.9 Å². The molecule has 0 atom stereocenters. The summed E-state index contributed by atoms with van der Waals surface area (Å²) < 4.78 is 10.7. The average molecular weight is 353 g/mol. The minimum absolute atomic E-state index is 0.118. The number of carbonyl (C=O) groups excluding carboxylic acids is 1. The highest BCUT2D eigenvalue weighted by atomic mass is 16.7. The van der Waals surface area contributed by atoms with Gasteiger partial charge < -0.3 is 24.6 Å². The van der Waals surface area contributed by atoms with Crippen molar-refractivity contribution >= 4 is 17.3 Å². The predicted octanol–water partition coefficient (Wildman–Crippen LogP) is 2.56. The van der Waals surface area contributed by atoms with Gasteiger partial charge in [-0.25, -0.2) is 0 Å². The first-order valence-electron chi connectivity index (χ1n) is 8.87.